The van der Waals surface area contributed by atoms with Crippen LogP contribution < -0.4 is 4.72 Å². The Morgan fingerprint density at radius 2 is 1.32 bits per heavy atom. The predicted octanol–water partition coefficient (Wildman–Crippen LogP) is 3.28. The summed E-state index contributed by atoms with van der Waals surface area (Å²) < 4.78 is 54.3. The van der Waals surface area contributed by atoms with Gasteiger partial charge in [0.25, 0.3) is 10.0 Å². The van der Waals surface area contributed by atoms with E-state index in [0.717, 1.165) is 4.47 Å². The molecule has 0 aliphatic heterocycles. The molecule has 2 aromatic rings. The molecule has 0 radical (unpaired) electrons. The van der Waals surface area contributed by atoms with E-state index in [1.54, 1.807) is 38.1 Å². The lowest BCUT2D eigenvalue weighted by Gasteiger charge is -2.18. The van der Waals surface area contributed by atoms with E-state index < -0.39 is 20.0 Å². The lowest BCUT2D eigenvalue weighted by Crippen LogP contribution is -2.30. The molecular weight excluding hydrogens is 428 g/mol. The molecule has 2 rings (SSSR count). The fraction of sp³-hybridized carbons (Fsp3) is 0.250. The standard InChI is InChI=1S/C16H19BrN2O4S2/c1-3-19(4-2)25(22,23)16-11-9-15(10-12-16)24(20,21)18-14-7-5-13(17)6-8-14/h5-12,18H,3-4H2,1-2H3. The maximum atomic E-state index is 12.4. The molecule has 136 valence electrons. The monoisotopic (exact) mass is 446 g/mol. The Labute approximate surface area is 157 Å². The molecule has 0 amide bonds. The number of rotatable bonds is 7. The number of halogens is 1. The van der Waals surface area contributed by atoms with Crippen molar-refractivity contribution in [2.45, 2.75) is 23.6 Å². The van der Waals surface area contributed by atoms with E-state index in [0.29, 0.717) is 18.8 Å². The Balaban J connectivity index is 2.28. The number of hydrogen-bond acceptors (Lipinski definition) is 4. The molecule has 1 N–H and O–H groups in total. The topological polar surface area (TPSA) is 83.6 Å². The first-order valence-electron chi connectivity index (χ1n) is 7.59. The molecule has 0 fully saturated rings. The van der Waals surface area contributed by atoms with Crippen LogP contribution in [0.2, 0.25) is 0 Å². The van der Waals surface area contributed by atoms with Crippen molar-refractivity contribution in [3.63, 3.8) is 0 Å². The van der Waals surface area contributed by atoms with Gasteiger partial charge in [-0.1, -0.05) is 29.8 Å². The third kappa shape index (κ3) is 4.60. The lowest BCUT2D eigenvalue weighted by atomic mass is 10.3. The highest BCUT2D eigenvalue weighted by atomic mass is 79.9. The molecule has 0 unspecified atom stereocenters. The normalized spacial score (nSPS) is 12.3. The summed E-state index contributed by atoms with van der Waals surface area (Å²) in [5.41, 5.74) is 0.419. The summed E-state index contributed by atoms with van der Waals surface area (Å²) in [4.78, 5) is 0.0627. The van der Waals surface area contributed by atoms with Gasteiger partial charge in [-0.05, 0) is 48.5 Å². The SMILES string of the molecule is CCN(CC)S(=O)(=O)c1ccc(S(=O)(=O)Nc2ccc(Br)cc2)cc1. The van der Waals surface area contributed by atoms with E-state index in [2.05, 4.69) is 20.7 Å². The summed E-state index contributed by atoms with van der Waals surface area (Å²) >= 11 is 3.28. The number of nitrogens with zero attached hydrogens (tertiary/aromatic N) is 1. The van der Waals surface area contributed by atoms with Crippen LogP contribution in [-0.2, 0) is 20.0 Å². The minimum Gasteiger partial charge on any atom is -0.280 e. The van der Waals surface area contributed by atoms with Gasteiger partial charge >= 0.3 is 0 Å². The Kier molecular flexibility index (Phi) is 6.26. The molecule has 0 aromatic heterocycles. The van der Waals surface area contributed by atoms with Crippen molar-refractivity contribution >= 4 is 41.7 Å². The van der Waals surface area contributed by atoms with Gasteiger partial charge in [0.05, 0.1) is 9.79 Å². The maximum absolute atomic E-state index is 12.4. The molecule has 9 heteroatoms. The lowest BCUT2D eigenvalue weighted by molar-refractivity contribution is 0.445. The molecular formula is C16H19BrN2O4S2. The van der Waals surface area contributed by atoms with Crippen LogP contribution in [0.1, 0.15) is 13.8 Å². The van der Waals surface area contributed by atoms with Crippen molar-refractivity contribution in [3.05, 3.63) is 53.0 Å². The number of nitrogens with one attached hydrogen (secondary N) is 1. The molecule has 0 spiro atoms. The van der Waals surface area contributed by atoms with Crippen molar-refractivity contribution in [2.75, 3.05) is 17.8 Å². The van der Waals surface area contributed by atoms with Crippen LogP contribution in [0, 0.1) is 0 Å². The average molecular weight is 447 g/mol. The summed E-state index contributed by atoms with van der Waals surface area (Å²) in [6, 6.07) is 11.9. The quantitative estimate of drug-likeness (QED) is 0.706. The van der Waals surface area contributed by atoms with Crippen LogP contribution in [0.4, 0.5) is 5.69 Å². The molecule has 0 atom stereocenters. The molecule has 0 bridgehead atoms. The van der Waals surface area contributed by atoms with E-state index >= 15 is 0 Å². The van der Waals surface area contributed by atoms with Crippen LogP contribution in [0.25, 0.3) is 0 Å². The highest BCUT2D eigenvalue weighted by Crippen LogP contribution is 2.21. The zero-order chi connectivity index (χ0) is 18.7. The largest absolute Gasteiger partial charge is 0.280 e. The first kappa shape index (κ1) is 19.9. The minimum atomic E-state index is -3.79. The first-order chi connectivity index (χ1) is 11.7. The third-order valence-electron chi connectivity index (χ3n) is 3.57. The smallest absolute Gasteiger partial charge is 0.261 e. The molecule has 0 heterocycles. The van der Waals surface area contributed by atoms with E-state index in [4.69, 9.17) is 0 Å². The Morgan fingerprint density at radius 3 is 1.80 bits per heavy atom. The van der Waals surface area contributed by atoms with Gasteiger partial charge in [0.2, 0.25) is 10.0 Å². The molecule has 0 saturated heterocycles. The summed E-state index contributed by atoms with van der Waals surface area (Å²) in [6.07, 6.45) is 0. The van der Waals surface area contributed by atoms with Gasteiger partial charge in [-0.2, -0.15) is 4.31 Å². The Morgan fingerprint density at radius 1 is 0.840 bits per heavy atom. The van der Waals surface area contributed by atoms with E-state index in [1.165, 1.54) is 28.6 Å². The van der Waals surface area contributed by atoms with Crippen LogP contribution in [0.15, 0.2) is 62.8 Å². The van der Waals surface area contributed by atoms with Gasteiger partial charge in [0.1, 0.15) is 0 Å². The molecule has 6 nitrogen and oxygen atoms in total. The van der Waals surface area contributed by atoms with Gasteiger partial charge in [0, 0.05) is 23.2 Å². The van der Waals surface area contributed by atoms with Gasteiger partial charge in [0.15, 0.2) is 0 Å². The highest BCUT2D eigenvalue weighted by molar-refractivity contribution is 9.10. The van der Waals surface area contributed by atoms with Crippen LogP contribution in [0.3, 0.4) is 0 Å². The van der Waals surface area contributed by atoms with E-state index in [-0.39, 0.29) is 9.79 Å². The summed E-state index contributed by atoms with van der Waals surface area (Å²) in [5, 5.41) is 0. The molecule has 0 aliphatic carbocycles. The van der Waals surface area contributed by atoms with Crippen molar-refractivity contribution in [3.8, 4) is 0 Å². The summed E-state index contributed by atoms with van der Waals surface area (Å²) in [6.45, 7) is 4.21. The Hall–Kier alpha value is -1.42. The van der Waals surface area contributed by atoms with Crippen molar-refractivity contribution in [1.29, 1.82) is 0 Å². The first-order valence-corrected chi connectivity index (χ1v) is 11.3. The average Bonchev–Trinajstić information content (AvgIpc) is 2.58. The van der Waals surface area contributed by atoms with Gasteiger partial charge in [-0.3, -0.25) is 4.72 Å². The number of sulfonamides is 2. The number of benzene rings is 2. The van der Waals surface area contributed by atoms with Crippen molar-refractivity contribution in [1.82, 2.24) is 4.31 Å². The minimum absolute atomic E-state index is 0.00563. The predicted molar refractivity (Wildman–Crippen MR) is 101 cm³/mol. The fourth-order valence-corrected chi connectivity index (χ4v) is 5.02. The molecule has 2 aromatic carbocycles. The van der Waals surface area contributed by atoms with Crippen LogP contribution in [0.5, 0.6) is 0 Å². The molecule has 0 aliphatic rings. The summed E-state index contributed by atoms with van der Waals surface area (Å²) in [7, 11) is -7.41. The van der Waals surface area contributed by atoms with E-state index in [1.807, 2.05) is 0 Å². The van der Waals surface area contributed by atoms with Crippen molar-refractivity contribution < 1.29 is 16.8 Å². The zero-order valence-corrected chi connectivity index (χ0v) is 17.0. The Bertz CT molecular complexity index is 921. The third-order valence-corrected chi connectivity index (χ3v) is 7.56. The van der Waals surface area contributed by atoms with Gasteiger partial charge in [-0.25, -0.2) is 16.8 Å². The second kappa shape index (κ2) is 7.86. The zero-order valence-electron chi connectivity index (χ0n) is 13.8. The maximum Gasteiger partial charge on any atom is 0.261 e. The molecule has 0 saturated carbocycles. The number of hydrogen-bond donors (Lipinski definition) is 1. The number of anilines is 1. The summed E-state index contributed by atoms with van der Waals surface area (Å²) in [5.74, 6) is 0. The second-order valence-corrected chi connectivity index (χ2v) is 9.71. The fourth-order valence-electron chi connectivity index (χ4n) is 2.24. The molecule has 25 heavy (non-hydrogen) atoms. The second-order valence-electron chi connectivity index (χ2n) is 5.17. The van der Waals surface area contributed by atoms with Gasteiger partial charge in [-0.15, -0.1) is 0 Å². The van der Waals surface area contributed by atoms with Crippen molar-refractivity contribution in [2.24, 2.45) is 0 Å². The van der Waals surface area contributed by atoms with Crippen LogP contribution >= 0.6 is 15.9 Å². The van der Waals surface area contributed by atoms with Gasteiger partial charge < -0.3 is 0 Å². The highest BCUT2D eigenvalue weighted by Gasteiger charge is 2.22. The van der Waals surface area contributed by atoms with E-state index in [9.17, 15) is 16.8 Å². The van der Waals surface area contributed by atoms with Crippen LogP contribution in [-0.4, -0.2) is 34.2 Å².